The number of benzene rings is 1. The van der Waals surface area contributed by atoms with Crippen molar-refractivity contribution in [3.05, 3.63) is 54.0 Å². The molecule has 1 aliphatic carbocycles. The Hall–Kier alpha value is -1.90. The van der Waals surface area contributed by atoms with E-state index in [1.807, 2.05) is 18.3 Å². The fraction of sp³-hybridized carbons (Fsp3) is 0.375. The zero-order valence-corrected chi connectivity index (χ0v) is 11.3. The van der Waals surface area contributed by atoms with E-state index in [0.717, 1.165) is 18.1 Å². The van der Waals surface area contributed by atoms with E-state index in [0.29, 0.717) is 6.04 Å². The summed E-state index contributed by atoms with van der Waals surface area (Å²) >= 11 is 0. The van der Waals surface area contributed by atoms with Crippen molar-refractivity contribution in [1.82, 2.24) is 9.97 Å². The quantitative estimate of drug-likeness (QED) is 0.838. The van der Waals surface area contributed by atoms with E-state index in [1.165, 1.54) is 24.8 Å². The van der Waals surface area contributed by atoms with Crippen LogP contribution in [0.5, 0.6) is 0 Å². The Morgan fingerprint density at radius 2 is 1.95 bits per heavy atom. The van der Waals surface area contributed by atoms with Gasteiger partial charge in [-0.15, -0.1) is 0 Å². The standard InChI is InChI=1S/C16H19N3/c1-19(14-8-5-9-14)16-10-11-17-15(18-16)12-13-6-3-2-4-7-13/h2-4,6-7,10-11,14H,5,8-9,12H2,1H3. The Morgan fingerprint density at radius 3 is 2.63 bits per heavy atom. The predicted octanol–water partition coefficient (Wildman–Crippen LogP) is 3.06. The Morgan fingerprint density at radius 1 is 1.16 bits per heavy atom. The molecule has 1 saturated carbocycles. The molecular weight excluding hydrogens is 234 g/mol. The van der Waals surface area contributed by atoms with Gasteiger partial charge < -0.3 is 4.90 Å². The summed E-state index contributed by atoms with van der Waals surface area (Å²) in [5.74, 6) is 1.94. The topological polar surface area (TPSA) is 29.0 Å². The molecule has 0 aliphatic heterocycles. The van der Waals surface area contributed by atoms with Gasteiger partial charge in [0.25, 0.3) is 0 Å². The van der Waals surface area contributed by atoms with Crippen LogP contribution >= 0.6 is 0 Å². The Balaban J connectivity index is 1.76. The summed E-state index contributed by atoms with van der Waals surface area (Å²) in [7, 11) is 2.14. The van der Waals surface area contributed by atoms with E-state index >= 15 is 0 Å². The minimum Gasteiger partial charge on any atom is -0.357 e. The monoisotopic (exact) mass is 253 g/mol. The second-order valence-electron chi connectivity index (χ2n) is 5.19. The van der Waals surface area contributed by atoms with Crippen LogP contribution in [0.4, 0.5) is 5.82 Å². The van der Waals surface area contributed by atoms with Gasteiger partial charge in [-0.2, -0.15) is 0 Å². The molecule has 1 fully saturated rings. The highest BCUT2D eigenvalue weighted by Crippen LogP contribution is 2.26. The largest absolute Gasteiger partial charge is 0.357 e. The molecule has 3 nitrogen and oxygen atoms in total. The molecule has 19 heavy (non-hydrogen) atoms. The minimum absolute atomic E-state index is 0.666. The van der Waals surface area contributed by atoms with Gasteiger partial charge >= 0.3 is 0 Å². The maximum absolute atomic E-state index is 4.69. The number of hydrogen-bond acceptors (Lipinski definition) is 3. The predicted molar refractivity (Wildman–Crippen MR) is 77.3 cm³/mol. The highest BCUT2D eigenvalue weighted by molar-refractivity contribution is 5.38. The number of nitrogens with zero attached hydrogens (tertiary/aromatic N) is 3. The molecule has 3 heteroatoms. The number of aromatic nitrogens is 2. The second-order valence-corrected chi connectivity index (χ2v) is 5.19. The lowest BCUT2D eigenvalue weighted by Crippen LogP contribution is -2.37. The number of rotatable bonds is 4. The molecule has 0 unspecified atom stereocenters. The van der Waals surface area contributed by atoms with Crippen molar-refractivity contribution in [2.75, 3.05) is 11.9 Å². The van der Waals surface area contributed by atoms with Crippen molar-refractivity contribution >= 4 is 5.82 Å². The van der Waals surface area contributed by atoms with E-state index in [2.05, 4.69) is 46.2 Å². The van der Waals surface area contributed by atoms with Crippen LogP contribution in [-0.2, 0) is 6.42 Å². The van der Waals surface area contributed by atoms with Gasteiger partial charge in [-0.25, -0.2) is 9.97 Å². The van der Waals surface area contributed by atoms with E-state index in [-0.39, 0.29) is 0 Å². The van der Waals surface area contributed by atoms with Crippen LogP contribution in [0, 0.1) is 0 Å². The molecule has 0 atom stereocenters. The third-order valence-electron chi connectivity index (χ3n) is 3.88. The molecule has 0 spiro atoms. The van der Waals surface area contributed by atoms with Crippen LogP contribution in [0.1, 0.15) is 30.7 Å². The lowest BCUT2D eigenvalue weighted by atomic mass is 9.92. The van der Waals surface area contributed by atoms with Gasteiger partial charge in [0.05, 0.1) is 0 Å². The van der Waals surface area contributed by atoms with Gasteiger partial charge in [0.2, 0.25) is 0 Å². The van der Waals surface area contributed by atoms with E-state index in [4.69, 9.17) is 0 Å². The fourth-order valence-corrected chi connectivity index (χ4v) is 2.41. The van der Waals surface area contributed by atoms with Crippen molar-refractivity contribution in [2.24, 2.45) is 0 Å². The highest BCUT2D eigenvalue weighted by Gasteiger charge is 2.23. The van der Waals surface area contributed by atoms with Gasteiger partial charge in [0.15, 0.2) is 0 Å². The van der Waals surface area contributed by atoms with Gasteiger partial charge in [0, 0.05) is 25.7 Å². The summed E-state index contributed by atoms with van der Waals surface area (Å²) in [6.07, 6.45) is 6.59. The van der Waals surface area contributed by atoms with Crippen molar-refractivity contribution in [1.29, 1.82) is 0 Å². The first-order valence-electron chi connectivity index (χ1n) is 6.91. The molecule has 0 bridgehead atoms. The SMILES string of the molecule is CN(c1ccnc(Cc2ccccc2)n1)C1CCC1. The first-order chi connectivity index (χ1) is 9.33. The van der Waals surface area contributed by atoms with Crippen LogP contribution in [0.25, 0.3) is 0 Å². The summed E-state index contributed by atoms with van der Waals surface area (Å²) < 4.78 is 0. The molecule has 0 radical (unpaired) electrons. The first kappa shape index (κ1) is 12.2. The van der Waals surface area contributed by atoms with E-state index < -0.39 is 0 Å². The van der Waals surface area contributed by atoms with Gasteiger partial charge in [-0.3, -0.25) is 0 Å². The average molecular weight is 253 g/mol. The van der Waals surface area contributed by atoms with Crippen molar-refractivity contribution in [2.45, 2.75) is 31.7 Å². The molecule has 3 rings (SSSR count). The highest BCUT2D eigenvalue weighted by atomic mass is 15.2. The third-order valence-corrected chi connectivity index (χ3v) is 3.88. The summed E-state index contributed by atoms with van der Waals surface area (Å²) in [6.45, 7) is 0. The summed E-state index contributed by atoms with van der Waals surface area (Å²) in [6, 6.07) is 13.0. The molecule has 1 aromatic heterocycles. The molecule has 0 amide bonds. The zero-order valence-electron chi connectivity index (χ0n) is 11.3. The van der Waals surface area contributed by atoms with Crippen molar-refractivity contribution in [3.63, 3.8) is 0 Å². The van der Waals surface area contributed by atoms with Gasteiger partial charge in [0.1, 0.15) is 11.6 Å². The summed E-state index contributed by atoms with van der Waals surface area (Å²) in [4.78, 5) is 11.4. The molecule has 1 heterocycles. The third kappa shape index (κ3) is 2.75. The normalized spacial score (nSPS) is 15.0. The van der Waals surface area contributed by atoms with Crippen LogP contribution in [0.15, 0.2) is 42.6 Å². The smallest absolute Gasteiger partial charge is 0.135 e. The minimum atomic E-state index is 0.666. The second kappa shape index (κ2) is 5.39. The van der Waals surface area contributed by atoms with Crippen LogP contribution in [0.2, 0.25) is 0 Å². The first-order valence-corrected chi connectivity index (χ1v) is 6.91. The molecule has 0 N–H and O–H groups in total. The molecule has 98 valence electrons. The van der Waals surface area contributed by atoms with Crippen LogP contribution < -0.4 is 4.90 Å². The molecule has 2 aromatic rings. The maximum atomic E-state index is 4.69. The van der Waals surface area contributed by atoms with E-state index in [1.54, 1.807) is 0 Å². The lowest BCUT2D eigenvalue weighted by Gasteiger charge is -2.35. The van der Waals surface area contributed by atoms with Gasteiger partial charge in [-0.1, -0.05) is 30.3 Å². The summed E-state index contributed by atoms with van der Waals surface area (Å²) in [5.41, 5.74) is 1.26. The molecule has 0 saturated heterocycles. The summed E-state index contributed by atoms with van der Waals surface area (Å²) in [5, 5.41) is 0. The maximum Gasteiger partial charge on any atom is 0.135 e. The van der Waals surface area contributed by atoms with Crippen molar-refractivity contribution < 1.29 is 0 Å². The van der Waals surface area contributed by atoms with Crippen LogP contribution in [-0.4, -0.2) is 23.1 Å². The Labute approximate surface area is 114 Å². The van der Waals surface area contributed by atoms with Gasteiger partial charge in [-0.05, 0) is 30.9 Å². The molecule has 1 aliphatic rings. The average Bonchev–Trinajstić information content (AvgIpc) is 2.38. The number of anilines is 1. The van der Waals surface area contributed by atoms with Crippen molar-refractivity contribution in [3.8, 4) is 0 Å². The fourth-order valence-electron chi connectivity index (χ4n) is 2.41. The Bertz CT molecular complexity index is 535. The Kier molecular flexibility index (Phi) is 3.45. The number of hydrogen-bond donors (Lipinski definition) is 0. The molecular formula is C16H19N3. The van der Waals surface area contributed by atoms with E-state index in [9.17, 15) is 0 Å². The molecule has 1 aromatic carbocycles. The lowest BCUT2D eigenvalue weighted by molar-refractivity contribution is 0.399. The zero-order chi connectivity index (χ0) is 13.1. The van der Waals surface area contributed by atoms with Crippen LogP contribution in [0.3, 0.4) is 0 Å².